The van der Waals surface area contributed by atoms with Crippen molar-refractivity contribution in [3.63, 3.8) is 0 Å². The van der Waals surface area contributed by atoms with Crippen molar-refractivity contribution in [3.8, 4) is 0 Å². The third-order valence-electron chi connectivity index (χ3n) is 1.87. The van der Waals surface area contributed by atoms with Crippen LogP contribution in [-0.4, -0.2) is 47.2 Å². The number of β-amino-alcohol motifs (C(OH)–C–C–N with tert-alkyl or cyclic N) is 1. The Morgan fingerprint density at radius 3 is 2.50 bits per heavy atom. The fourth-order valence-corrected chi connectivity index (χ4v) is 1.14. The van der Waals surface area contributed by atoms with Crippen LogP contribution in [0.4, 0.5) is 0 Å². The van der Waals surface area contributed by atoms with E-state index in [4.69, 9.17) is 10.2 Å². The number of piperidine rings is 1. The maximum atomic E-state index is 9.19. The van der Waals surface area contributed by atoms with Crippen LogP contribution in [0.5, 0.6) is 0 Å². The Kier molecular flexibility index (Phi) is 2.62. The van der Waals surface area contributed by atoms with Gasteiger partial charge >= 0.3 is 0 Å². The Balaban J connectivity index is 2.42. The van der Waals surface area contributed by atoms with Gasteiger partial charge in [-0.1, -0.05) is 0 Å². The zero-order chi connectivity index (χ0) is 7.56. The molecule has 0 saturated carbocycles. The first kappa shape index (κ1) is 7.94. The summed E-state index contributed by atoms with van der Waals surface area (Å²) in [5.74, 6) is -0.219. The van der Waals surface area contributed by atoms with Crippen LogP contribution in [0.2, 0.25) is 0 Å². The summed E-state index contributed by atoms with van der Waals surface area (Å²) < 4.78 is 0. The molecule has 4 N–H and O–H groups in total. The monoisotopic (exact) mass is 147 g/mol. The summed E-state index contributed by atoms with van der Waals surface area (Å²) in [6, 6.07) is 0. The van der Waals surface area contributed by atoms with Crippen LogP contribution >= 0.6 is 0 Å². The third-order valence-corrected chi connectivity index (χ3v) is 1.87. The maximum Gasteiger partial charge on any atom is 0.0927 e. The predicted molar refractivity (Wildman–Crippen MR) is 35.5 cm³/mol. The first-order valence-electron chi connectivity index (χ1n) is 3.43. The minimum Gasteiger partial charge on any atom is -0.396 e. The molecule has 0 radical (unpaired) electrons. The lowest BCUT2D eigenvalue weighted by Crippen LogP contribution is -2.51. The summed E-state index contributed by atoms with van der Waals surface area (Å²) in [6.07, 6.45) is -1.50. The Morgan fingerprint density at radius 2 is 2.00 bits per heavy atom. The van der Waals surface area contributed by atoms with Crippen LogP contribution in [0, 0.1) is 5.92 Å². The molecule has 1 unspecified atom stereocenters. The molecule has 0 bridgehead atoms. The molecule has 4 heteroatoms. The highest BCUT2D eigenvalue weighted by Crippen LogP contribution is 2.10. The lowest BCUT2D eigenvalue weighted by molar-refractivity contribution is -0.0490. The molecule has 1 aliphatic rings. The zero-order valence-electron chi connectivity index (χ0n) is 5.70. The molecule has 0 amide bonds. The van der Waals surface area contributed by atoms with Crippen molar-refractivity contribution in [2.75, 3.05) is 19.7 Å². The van der Waals surface area contributed by atoms with E-state index in [1.807, 2.05) is 0 Å². The van der Waals surface area contributed by atoms with E-state index in [0.29, 0.717) is 13.1 Å². The summed E-state index contributed by atoms with van der Waals surface area (Å²) >= 11 is 0. The quantitative estimate of drug-likeness (QED) is 0.343. The summed E-state index contributed by atoms with van der Waals surface area (Å²) in [5.41, 5.74) is 0. The first-order valence-corrected chi connectivity index (χ1v) is 3.43. The summed E-state index contributed by atoms with van der Waals surface area (Å²) in [6.45, 7) is 0.914. The van der Waals surface area contributed by atoms with E-state index in [1.54, 1.807) is 0 Å². The van der Waals surface area contributed by atoms with Crippen molar-refractivity contribution in [1.29, 1.82) is 0 Å². The van der Waals surface area contributed by atoms with Crippen LogP contribution in [0.25, 0.3) is 0 Å². The van der Waals surface area contributed by atoms with Gasteiger partial charge in [0.15, 0.2) is 0 Å². The second-order valence-corrected chi connectivity index (χ2v) is 2.66. The molecule has 1 rings (SSSR count). The molecule has 0 aromatic heterocycles. The standard InChI is InChI=1S/C6H13NO3/c8-3-4-1-7-2-5(9)6(4)10/h4-10H,1-3H2/t4?,5-,6+/m1/s1. The molecule has 0 spiro atoms. The van der Waals surface area contributed by atoms with Gasteiger partial charge in [0.05, 0.1) is 12.2 Å². The topological polar surface area (TPSA) is 72.7 Å². The molecule has 0 aromatic carbocycles. The highest BCUT2D eigenvalue weighted by atomic mass is 16.3. The molecule has 1 aliphatic heterocycles. The average Bonchev–Trinajstić information content (AvgIpc) is 1.95. The SMILES string of the molecule is OCC1CNC[C@@H](O)[C@H]1O. The Morgan fingerprint density at radius 1 is 1.30 bits per heavy atom. The summed E-state index contributed by atoms with van der Waals surface area (Å²) in [5, 5.41) is 29.8. The number of nitrogens with one attached hydrogen (secondary N) is 1. The van der Waals surface area contributed by atoms with Gasteiger partial charge in [0.2, 0.25) is 0 Å². The highest BCUT2D eigenvalue weighted by Gasteiger charge is 2.29. The minimum atomic E-state index is -0.772. The van der Waals surface area contributed by atoms with Crippen molar-refractivity contribution in [1.82, 2.24) is 5.32 Å². The van der Waals surface area contributed by atoms with Gasteiger partial charge in [-0.25, -0.2) is 0 Å². The van der Waals surface area contributed by atoms with E-state index in [-0.39, 0.29) is 12.5 Å². The molecule has 60 valence electrons. The third kappa shape index (κ3) is 1.46. The Labute approximate surface area is 59.5 Å². The van der Waals surface area contributed by atoms with E-state index in [2.05, 4.69) is 5.32 Å². The van der Waals surface area contributed by atoms with Crippen LogP contribution < -0.4 is 5.32 Å². The van der Waals surface area contributed by atoms with Gasteiger partial charge in [0.1, 0.15) is 0 Å². The average molecular weight is 147 g/mol. The van der Waals surface area contributed by atoms with Crippen molar-refractivity contribution in [2.45, 2.75) is 12.2 Å². The molecule has 0 aliphatic carbocycles. The van der Waals surface area contributed by atoms with Crippen molar-refractivity contribution in [3.05, 3.63) is 0 Å². The Bertz CT molecular complexity index is 109. The van der Waals surface area contributed by atoms with Crippen molar-refractivity contribution < 1.29 is 15.3 Å². The smallest absolute Gasteiger partial charge is 0.0927 e. The maximum absolute atomic E-state index is 9.19. The fourth-order valence-electron chi connectivity index (χ4n) is 1.14. The summed E-state index contributed by atoms with van der Waals surface area (Å²) in [4.78, 5) is 0. The normalized spacial score (nSPS) is 41.7. The summed E-state index contributed by atoms with van der Waals surface area (Å²) in [7, 11) is 0. The van der Waals surface area contributed by atoms with Gasteiger partial charge in [0.25, 0.3) is 0 Å². The minimum absolute atomic E-state index is 0.0781. The van der Waals surface area contributed by atoms with E-state index < -0.39 is 12.2 Å². The van der Waals surface area contributed by atoms with Gasteiger partial charge < -0.3 is 20.6 Å². The largest absolute Gasteiger partial charge is 0.396 e. The molecule has 4 nitrogen and oxygen atoms in total. The van der Waals surface area contributed by atoms with Crippen LogP contribution in [0.3, 0.4) is 0 Å². The van der Waals surface area contributed by atoms with Crippen LogP contribution in [0.1, 0.15) is 0 Å². The van der Waals surface area contributed by atoms with Gasteiger partial charge in [-0.15, -0.1) is 0 Å². The van der Waals surface area contributed by atoms with E-state index in [0.717, 1.165) is 0 Å². The molecule has 3 atom stereocenters. The number of rotatable bonds is 1. The lowest BCUT2D eigenvalue weighted by atomic mass is 9.95. The van der Waals surface area contributed by atoms with E-state index in [9.17, 15) is 5.11 Å². The van der Waals surface area contributed by atoms with Gasteiger partial charge in [-0.2, -0.15) is 0 Å². The fraction of sp³-hybridized carbons (Fsp3) is 1.00. The van der Waals surface area contributed by atoms with Crippen molar-refractivity contribution >= 4 is 0 Å². The first-order chi connectivity index (χ1) is 4.75. The molecule has 1 heterocycles. The predicted octanol–water partition coefficient (Wildman–Crippen LogP) is -2.08. The number of hydrogen-bond donors (Lipinski definition) is 4. The van der Waals surface area contributed by atoms with Gasteiger partial charge in [0, 0.05) is 25.6 Å². The lowest BCUT2D eigenvalue weighted by Gasteiger charge is -2.30. The zero-order valence-corrected chi connectivity index (χ0v) is 5.70. The second kappa shape index (κ2) is 3.30. The number of aliphatic hydroxyl groups is 3. The Hall–Kier alpha value is -0.160. The van der Waals surface area contributed by atoms with Crippen molar-refractivity contribution in [2.24, 2.45) is 5.92 Å². The van der Waals surface area contributed by atoms with E-state index in [1.165, 1.54) is 0 Å². The molecule has 0 aromatic rings. The highest BCUT2D eigenvalue weighted by molar-refractivity contribution is 4.83. The van der Waals surface area contributed by atoms with E-state index >= 15 is 0 Å². The molecule has 1 saturated heterocycles. The van der Waals surface area contributed by atoms with Gasteiger partial charge in [-0.3, -0.25) is 0 Å². The molecule has 1 fully saturated rings. The molecular weight excluding hydrogens is 134 g/mol. The van der Waals surface area contributed by atoms with Gasteiger partial charge in [-0.05, 0) is 0 Å². The number of aliphatic hydroxyl groups excluding tert-OH is 3. The molecular formula is C6H13NO3. The second-order valence-electron chi connectivity index (χ2n) is 2.66. The molecule has 10 heavy (non-hydrogen) atoms. The van der Waals surface area contributed by atoms with Crippen LogP contribution in [0.15, 0.2) is 0 Å². The number of hydrogen-bond acceptors (Lipinski definition) is 4. The van der Waals surface area contributed by atoms with Crippen LogP contribution in [-0.2, 0) is 0 Å².